The summed E-state index contributed by atoms with van der Waals surface area (Å²) in [6.45, 7) is 5.46. The SMILES string of the molecule is CC(=O)N(/C=C(/C#N)C(=O)NCCN1CCOCC1)c1cccc(N)c1. The van der Waals surface area contributed by atoms with E-state index in [1.807, 2.05) is 6.07 Å². The van der Waals surface area contributed by atoms with Crippen molar-refractivity contribution in [1.82, 2.24) is 10.2 Å². The first-order valence-corrected chi connectivity index (χ1v) is 8.37. The lowest BCUT2D eigenvalue weighted by atomic mass is 10.2. The van der Waals surface area contributed by atoms with Crippen LogP contribution < -0.4 is 16.0 Å². The Morgan fingerprint density at radius 1 is 1.42 bits per heavy atom. The molecule has 1 fully saturated rings. The predicted octanol–water partition coefficient (Wildman–Crippen LogP) is 0.478. The van der Waals surface area contributed by atoms with Crippen LogP contribution in [-0.4, -0.2) is 56.1 Å². The second kappa shape index (κ2) is 9.56. The van der Waals surface area contributed by atoms with Crippen LogP contribution in [0.2, 0.25) is 0 Å². The standard InChI is InChI=1S/C18H23N5O3/c1-14(24)23(17-4-2-3-16(20)11-17)13-15(12-19)18(25)21-5-6-22-7-9-26-10-8-22/h2-4,11,13H,5-10,20H2,1H3,(H,21,25)/b15-13-. The molecule has 0 spiro atoms. The summed E-state index contributed by atoms with van der Waals surface area (Å²) in [4.78, 5) is 27.6. The number of carbonyl (C=O) groups is 2. The Balaban J connectivity index is 2.02. The third-order valence-corrected chi connectivity index (χ3v) is 3.93. The number of ether oxygens (including phenoxy) is 1. The average molecular weight is 357 g/mol. The van der Waals surface area contributed by atoms with E-state index < -0.39 is 5.91 Å². The highest BCUT2D eigenvalue weighted by atomic mass is 16.5. The van der Waals surface area contributed by atoms with E-state index in [2.05, 4.69) is 10.2 Å². The molecule has 1 aliphatic rings. The monoisotopic (exact) mass is 357 g/mol. The molecule has 1 aromatic rings. The van der Waals surface area contributed by atoms with Gasteiger partial charge in [0.15, 0.2) is 0 Å². The maximum atomic E-state index is 12.3. The molecule has 1 saturated heterocycles. The smallest absolute Gasteiger partial charge is 0.263 e. The van der Waals surface area contributed by atoms with Crippen molar-refractivity contribution in [3.8, 4) is 6.07 Å². The normalized spacial score (nSPS) is 15.2. The molecule has 2 rings (SSSR count). The molecule has 0 radical (unpaired) electrons. The van der Waals surface area contributed by atoms with Crippen LogP contribution in [-0.2, 0) is 14.3 Å². The molecular weight excluding hydrogens is 334 g/mol. The maximum Gasteiger partial charge on any atom is 0.263 e. The van der Waals surface area contributed by atoms with Gasteiger partial charge in [-0.2, -0.15) is 5.26 Å². The fourth-order valence-electron chi connectivity index (χ4n) is 2.54. The fourth-order valence-corrected chi connectivity index (χ4v) is 2.54. The minimum absolute atomic E-state index is 0.149. The zero-order chi connectivity index (χ0) is 18.9. The molecule has 8 nitrogen and oxygen atoms in total. The number of nitrogens with two attached hydrogens (primary N) is 1. The molecule has 1 aliphatic heterocycles. The van der Waals surface area contributed by atoms with E-state index in [0.29, 0.717) is 37.7 Å². The molecule has 8 heteroatoms. The number of nitrogens with one attached hydrogen (secondary N) is 1. The summed E-state index contributed by atoms with van der Waals surface area (Å²) in [5, 5.41) is 12.0. The zero-order valence-corrected chi connectivity index (χ0v) is 14.8. The predicted molar refractivity (Wildman–Crippen MR) is 98.0 cm³/mol. The lowest BCUT2D eigenvalue weighted by Crippen LogP contribution is -2.41. The van der Waals surface area contributed by atoms with Gasteiger partial charge in [0.1, 0.15) is 11.6 Å². The van der Waals surface area contributed by atoms with E-state index in [-0.39, 0.29) is 11.5 Å². The number of hydrogen-bond acceptors (Lipinski definition) is 6. The first kappa shape index (κ1) is 19.4. The van der Waals surface area contributed by atoms with Crippen LogP contribution in [0.15, 0.2) is 36.0 Å². The minimum Gasteiger partial charge on any atom is -0.399 e. The van der Waals surface area contributed by atoms with Crippen LogP contribution in [0.4, 0.5) is 11.4 Å². The van der Waals surface area contributed by atoms with Gasteiger partial charge in [0.05, 0.1) is 18.9 Å². The summed E-state index contributed by atoms with van der Waals surface area (Å²) in [5.41, 5.74) is 6.57. The van der Waals surface area contributed by atoms with Crippen molar-refractivity contribution in [3.05, 3.63) is 36.0 Å². The average Bonchev–Trinajstić information content (AvgIpc) is 2.63. The third-order valence-electron chi connectivity index (χ3n) is 3.93. The molecule has 0 bridgehead atoms. The molecule has 0 aliphatic carbocycles. The van der Waals surface area contributed by atoms with Gasteiger partial charge in [-0.3, -0.25) is 19.4 Å². The number of anilines is 2. The number of benzene rings is 1. The topological polar surface area (TPSA) is 112 Å². The fraction of sp³-hybridized carbons (Fsp3) is 0.389. The summed E-state index contributed by atoms with van der Waals surface area (Å²) < 4.78 is 5.27. The highest BCUT2D eigenvalue weighted by molar-refractivity contribution is 6.01. The van der Waals surface area contributed by atoms with E-state index >= 15 is 0 Å². The largest absolute Gasteiger partial charge is 0.399 e. The van der Waals surface area contributed by atoms with Crippen molar-refractivity contribution < 1.29 is 14.3 Å². The minimum atomic E-state index is -0.518. The van der Waals surface area contributed by atoms with Gasteiger partial charge in [0.25, 0.3) is 5.91 Å². The lowest BCUT2D eigenvalue weighted by Gasteiger charge is -2.26. The van der Waals surface area contributed by atoms with Gasteiger partial charge in [0.2, 0.25) is 5.91 Å². The molecule has 0 unspecified atom stereocenters. The Hall–Kier alpha value is -2.89. The van der Waals surface area contributed by atoms with Crippen molar-refractivity contribution in [1.29, 1.82) is 5.26 Å². The third kappa shape index (κ3) is 5.58. The molecule has 2 amide bonds. The lowest BCUT2D eigenvalue weighted by molar-refractivity contribution is -0.117. The Bertz CT molecular complexity index is 720. The van der Waals surface area contributed by atoms with Crippen LogP contribution in [0.5, 0.6) is 0 Å². The van der Waals surface area contributed by atoms with E-state index in [0.717, 1.165) is 13.1 Å². The number of amides is 2. The number of morpholine rings is 1. The highest BCUT2D eigenvalue weighted by Gasteiger charge is 2.16. The molecule has 0 atom stereocenters. The van der Waals surface area contributed by atoms with Gasteiger partial charge in [-0.15, -0.1) is 0 Å². The summed E-state index contributed by atoms with van der Waals surface area (Å²) in [5.74, 6) is -0.847. The molecule has 26 heavy (non-hydrogen) atoms. The van der Waals surface area contributed by atoms with E-state index in [9.17, 15) is 14.9 Å². The van der Waals surface area contributed by atoms with Gasteiger partial charge < -0.3 is 15.8 Å². The Morgan fingerprint density at radius 2 is 2.15 bits per heavy atom. The second-order valence-electron chi connectivity index (χ2n) is 5.85. The van der Waals surface area contributed by atoms with Crippen LogP contribution >= 0.6 is 0 Å². The number of nitrogen functional groups attached to an aromatic ring is 1. The van der Waals surface area contributed by atoms with Crippen LogP contribution in [0.25, 0.3) is 0 Å². The Morgan fingerprint density at radius 3 is 2.77 bits per heavy atom. The number of rotatable bonds is 6. The second-order valence-corrected chi connectivity index (χ2v) is 5.85. The van der Waals surface area contributed by atoms with Gasteiger partial charge in [0, 0.05) is 45.0 Å². The summed E-state index contributed by atoms with van der Waals surface area (Å²) in [6.07, 6.45) is 1.24. The van der Waals surface area contributed by atoms with E-state index in [1.165, 1.54) is 18.0 Å². The quantitative estimate of drug-likeness (QED) is 0.435. The Labute approximate surface area is 152 Å². The van der Waals surface area contributed by atoms with Crippen LogP contribution in [0.1, 0.15) is 6.92 Å². The number of nitrogens with zero attached hydrogens (tertiary/aromatic N) is 3. The van der Waals surface area contributed by atoms with Crippen molar-refractivity contribution in [2.24, 2.45) is 0 Å². The zero-order valence-electron chi connectivity index (χ0n) is 14.8. The van der Waals surface area contributed by atoms with Gasteiger partial charge in [-0.05, 0) is 18.2 Å². The van der Waals surface area contributed by atoms with Crippen molar-refractivity contribution in [3.63, 3.8) is 0 Å². The first-order chi connectivity index (χ1) is 12.5. The van der Waals surface area contributed by atoms with Crippen molar-refractivity contribution >= 4 is 23.2 Å². The molecule has 0 saturated carbocycles. The summed E-state index contributed by atoms with van der Waals surface area (Å²) >= 11 is 0. The highest BCUT2D eigenvalue weighted by Crippen LogP contribution is 2.19. The van der Waals surface area contributed by atoms with Gasteiger partial charge in [-0.25, -0.2) is 0 Å². The number of hydrogen-bond donors (Lipinski definition) is 2. The molecule has 138 valence electrons. The van der Waals surface area contributed by atoms with Gasteiger partial charge >= 0.3 is 0 Å². The number of carbonyl (C=O) groups excluding carboxylic acids is 2. The first-order valence-electron chi connectivity index (χ1n) is 8.37. The van der Waals surface area contributed by atoms with Crippen LogP contribution in [0, 0.1) is 11.3 Å². The summed E-state index contributed by atoms with van der Waals surface area (Å²) in [6, 6.07) is 8.52. The van der Waals surface area contributed by atoms with Crippen molar-refractivity contribution in [2.75, 3.05) is 50.0 Å². The van der Waals surface area contributed by atoms with E-state index in [1.54, 1.807) is 24.3 Å². The Kier molecular flexibility index (Phi) is 7.14. The van der Waals surface area contributed by atoms with Gasteiger partial charge in [-0.1, -0.05) is 6.07 Å². The van der Waals surface area contributed by atoms with Crippen molar-refractivity contribution in [2.45, 2.75) is 6.92 Å². The van der Waals surface area contributed by atoms with Crippen LogP contribution in [0.3, 0.4) is 0 Å². The molecule has 1 aromatic carbocycles. The number of nitriles is 1. The molecule has 3 N–H and O–H groups in total. The molecule has 1 heterocycles. The van der Waals surface area contributed by atoms with E-state index in [4.69, 9.17) is 10.5 Å². The summed E-state index contributed by atoms with van der Waals surface area (Å²) in [7, 11) is 0. The molecule has 0 aromatic heterocycles. The maximum absolute atomic E-state index is 12.3. The molecular formula is C18H23N5O3.